The molecule has 276 valence electrons. The second-order valence-electron chi connectivity index (χ2n) is 15.8. The molecule has 0 bridgehead atoms. The van der Waals surface area contributed by atoms with Crippen molar-refractivity contribution in [2.24, 2.45) is 0 Å². The van der Waals surface area contributed by atoms with Gasteiger partial charge in [0.25, 0.3) is 0 Å². The van der Waals surface area contributed by atoms with Gasteiger partial charge in [0.2, 0.25) is 0 Å². The van der Waals surface area contributed by atoms with E-state index in [1.54, 1.807) is 0 Å². The number of nitrogens with two attached hydrogens (primary N) is 1. The average Bonchev–Trinajstić information content (AvgIpc) is 3.59. The maximum atomic E-state index is 6.68. The van der Waals surface area contributed by atoms with E-state index in [1.165, 1.54) is 109 Å². The standard InChI is InChI=1S/C57H37NS/c58-42-28-30-54-52(35-42)57(49-25-13-11-19-43(49)44-20-12-14-26-50(44)57)51-34-38(27-29-53(51)59-54)55-45-21-7-9-23-47(45)56(48-24-10-8-22-46(48)55)41-32-39(36-15-3-1-4-16-36)31-40(33-41)37-17-5-2-6-18-37/h1-35H,58H2. The molecule has 0 aromatic heterocycles. The molecule has 0 amide bonds. The van der Waals surface area contributed by atoms with E-state index in [0.717, 1.165) is 5.69 Å². The molecule has 12 rings (SSSR count). The molecule has 1 heterocycles. The number of benzene rings is 10. The highest BCUT2D eigenvalue weighted by molar-refractivity contribution is 7.99. The van der Waals surface area contributed by atoms with E-state index >= 15 is 0 Å². The van der Waals surface area contributed by atoms with E-state index in [4.69, 9.17) is 5.73 Å². The van der Waals surface area contributed by atoms with Crippen molar-refractivity contribution >= 4 is 39.0 Å². The Morgan fingerprint density at radius 2 is 0.729 bits per heavy atom. The first-order valence-electron chi connectivity index (χ1n) is 20.3. The van der Waals surface area contributed by atoms with Gasteiger partial charge in [-0.25, -0.2) is 0 Å². The first-order valence-corrected chi connectivity index (χ1v) is 21.1. The third-order valence-electron chi connectivity index (χ3n) is 12.6. The van der Waals surface area contributed by atoms with Crippen LogP contribution in [0, 0.1) is 0 Å². The molecule has 59 heavy (non-hydrogen) atoms. The Morgan fingerprint density at radius 1 is 0.305 bits per heavy atom. The van der Waals surface area contributed by atoms with Crippen LogP contribution in [-0.4, -0.2) is 0 Å². The van der Waals surface area contributed by atoms with E-state index in [9.17, 15) is 0 Å². The van der Waals surface area contributed by atoms with E-state index < -0.39 is 5.41 Å². The van der Waals surface area contributed by atoms with Crippen LogP contribution in [0.4, 0.5) is 5.69 Å². The van der Waals surface area contributed by atoms with Crippen molar-refractivity contribution in [1.82, 2.24) is 0 Å². The van der Waals surface area contributed by atoms with Gasteiger partial charge >= 0.3 is 0 Å². The third kappa shape index (κ3) is 5.07. The molecular weight excluding hydrogens is 731 g/mol. The number of rotatable bonds is 4. The lowest BCUT2D eigenvalue weighted by atomic mass is 9.67. The summed E-state index contributed by atoms with van der Waals surface area (Å²) in [7, 11) is 0. The predicted octanol–water partition coefficient (Wildman–Crippen LogP) is 15.1. The maximum absolute atomic E-state index is 6.68. The van der Waals surface area contributed by atoms with Crippen LogP contribution in [0.1, 0.15) is 22.3 Å². The van der Waals surface area contributed by atoms with Crippen LogP contribution in [0.3, 0.4) is 0 Å². The van der Waals surface area contributed by atoms with Crippen LogP contribution in [-0.2, 0) is 5.41 Å². The number of nitrogen functional groups attached to an aromatic ring is 1. The topological polar surface area (TPSA) is 26.0 Å². The van der Waals surface area contributed by atoms with Crippen LogP contribution in [0.5, 0.6) is 0 Å². The summed E-state index contributed by atoms with van der Waals surface area (Å²) in [5.41, 5.74) is 24.4. The van der Waals surface area contributed by atoms with E-state index in [2.05, 4.69) is 206 Å². The molecule has 1 aliphatic carbocycles. The molecule has 2 heteroatoms. The van der Waals surface area contributed by atoms with Crippen molar-refractivity contribution in [3.63, 3.8) is 0 Å². The SMILES string of the molecule is Nc1ccc2c(c1)C1(c3cc(-c4c5ccccc5c(-c5cc(-c6ccccc6)cc(-c6ccccc6)c5)c5ccccc45)ccc3S2)c2ccccc2-c2ccccc21. The van der Waals surface area contributed by atoms with Gasteiger partial charge in [-0.2, -0.15) is 0 Å². The quantitative estimate of drug-likeness (QED) is 0.143. The van der Waals surface area contributed by atoms with Crippen molar-refractivity contribution < 1.29 is 0 Å². The van der Waals surface area contributed by atoms with Crippen LogP contribution >= 0.6 is 11.8 Å². The summed E-state index contributed by atoms with van der Waals surface area (Å²) in [6.07, 6.45) is 0. The summed E-state index contributed by atoms with van der Waals surface area (Å²) >= 11 is 1.86. The zero-order valence-electron chi connectivity index (χ0n) is 32.2. The minimum absolute atomic E-state index is 0.522. The van der Waals surface area contributed by atoms with E-state index in [-0.39, 0.29) is 0 Å². The zero-order valence-corrected chi connectivity index (χ0v) is 33.0. The fourth-order valence-corrected chi connectivity index (χ4v) is 11.3. The molecule has 2 aliphatic rings. The lowest BCUT2D eigenvalue weighted by molar-refractivity contribution is 0.723. The first-order chi connectivity index (χ1) is 29.2. The zero-order chi connectivity index (χ0) is 39.1. The van der Waals surface area contributed by atoms with Crippen molar-refractivity contribution in [1.29, 1.82) is 0 Å². The fraction of sp³-hybridized carbons (Fsp3) is 0.0175. The minimum Gasteiger partial charge on any atom is -0.399 e. The second-order valence-corrected chi connectivity index (χ2v) is 16.9. The highest BCUT2D eigenvalue weighted by Gasteiger charge is 2.50. The monoisotopic (exact) mass is 767 g/mol. The number of fused-ring (bicyclic) bond motifs is 11. The van der Waals surface area contributed by atoms with Gasteiger partial charge in [-0.3, -0.25) is 0 Å². The van der Waals surface area contributed by atoms with Crippen LogP contribution in [0.25, 0.3) is 77.2 Å². The fourth-order valence-electron chi connectivity index (χ4n) is 10.2. The Bertz CT molecular complexity index is 3150. The maximum Gasteiger partial charge on any atom is 0.0736 e. The van der Waals surface area contributed by atoms with Gasteiger partial charge in [0.15, 0.2) is 0 Å². The average molecular weight is 768 g/mol. The number of hydrogen-bond donors (Lipinski definition) is 1. The lowest BCUT2D eigenvalue weighted by Gasteiger charge is -2.40. The molecule has 0 unspecified atom stereocenters. The lowest BCUT2D eigenvalue weighted by Crippen LogP contribution is -2.32. The number of hydrogen-bond acceptors (Lipinski definition) is 2. The molecule has 2 N–H and O–H groups in total. The molecule has 0 saturated heterocycles. The Kier molecular flexibility index (Phi) is 7.60. The highest BCUT2D eigenvalue weighted by Crippen LogP contribution is 2.63. The second kappa shape index (κ2) is 13.2. The van der Waals surface area contributed by atoms with Gasteiger partial charge < -0.3 is 5.73 Å². The van der Waals surface area contributed by atoms with E-state index in [0.29, 0.717) is 0 Å². The summed E-state index contributed by atoms with van der Waals surface area (Å²) in [6.45, 7) is 0. The summed E-state index contributed by atoms with van der Waals surface area (Å²) in [5.74, 6) is 0. The van der Waals surface area contributed by atoms with Gasteiger partial charge in [0.1, 0.15) is 0 Å². The number of anilines is 1. The summed E-state index contributed by atoms with van der Waals surface area (Å²) in [4.78, 5) is 2.52. The van der Waals surface area contributed by atoms with Crippen molar-refractivity contribution in [2.75, 3.05) is 5.73 Å². The van der Waals surface area contributed by atoms with Gasteiger partial charge in [-0.15, -0.1) is 0 Å². The molecule has 0 saturated carbocycles. The molecular formula is C57H37NS. The summed E-state index contributed by atoms with van der Waals surface area (Å²) < 4.78 is 0. The van der Waals surface area contributed by atoms with Crippen molar-refractivity contribution in [3.05, 3.63) is 235 Å². The van der Waals surface area contributed by atoms with Crippen molar-refractivity contribution in [3.8, 4) is 55.6 Å². The largest absolute Gasteiger partial charge is 0.399 e. The van der Waals surface area contributed by atoms with Gasteiger partial charge in [0, 0.05) is 15.5 Å². The van der Waals surface area contributed by atoms with Crippen LogP contribution < -0.4 is 5.73 Å². The van der Waals surface area contributed by atoms with Crippen LogP contribution in [0.15, 0.2) is 222 Å². The highest BCUT2D eigenvalue weighted by atomic mass is 32.2. The van der Waals surface area contributed by atoms with Gasteiger partial charge in [0.05, 0.1) is 5.41 Å². The minimum atomic E-state index is -0.522. The Labute approximate surface area is 348 Å². The smallest absolute Gasteiger partial charge is 0.0736 e. The van der Waals surface area contributed by atoms with E-state index in [1.807, 2.05) is 17.8 Å². The normalized spacial score (nSPS) is 13.2. The summed E-state index contributed by atoms with van der Waals surface area (Å²) in [6, 6.07) is 78.3. The predicted molar refractivity (Wildman–Crippen MR) is 249 cm³/mol. The van der Waals surface area contributed by atoms with Crippen LogP contribution in [0.2, 0.25) is 0 Å². The molecule has 0 fully saturated rings. The first kappa shape index (κ1) is 34.0. The molecule has 1 aliphatic heterocycles. The Morgan fingerprint density at radius 3 is 1.27 bits per heavy atom. The van der Waals surface area contributed by atoms with Crippen molar-refractivity contribution in [2.45, 2.75) is 15.2 Å². The molecule has 10 aromatic carbocycles. The molecule has 0 radical (unpaired) electrons. The third-order valence-corrected chi connectivity index (χ3v) is 13.8. The molecule has 10 aromatic rings. The summed E-state index contributed by atoms with van der Waals surface area (Å²) in [5, 5.41) is 4.95. The van der Waals surface area contributed by atoms with Gasteiger partial charge in [-0.05, 0) is 148 Å². The molecule has 1 spiro atoms. The molecule has 1 nitrogen and oxygen atoms in total. The molecule has 0 atom stereocenters. The Hall–Kier alpha value is -7.13. The van der Waals surface area contributed by atoms with Gasteiger partial charge in [-0.1, -0.05) is 176 Å². The Balaban J connectivity index is 1.15.